The van der Waals surface area contributed by atoms with Crippen LogP contribution in [0.5, 0.6) is 0 Å². The Morgan fingerprint density at radius 2 is 1.64 bits per heavy atom. The second kappa shape index (κ2) is 7.10. The van der Waals surface area contributed by atoms with Crippen molar-refractivity contribution in [2.24, 2.45) is 5.92 Å². The van der Waals surface area contributed by atoms with Crippen LogP contribution in [0.2, 0.25) is 0 Å². The molecule has 2 fully saturated rings. The zero-order valence-corrected chi connectivity index (χ0v) is 12.5. The Bertz CT molecular complexity index is 457. The number of hydrogen-bond donors (Lipinski definition) is 2. The molecule has 4 amide bonds. The molecule has 0 saturated carbocycles. The number of rotatable bonds is 4. The maximum Gasteiger partial charge on any atom is 0.409 e. The van der Waals surface area contributed by atoms with Crippen LogP contribution in [0.3, 0.4) is 0 Å². The van der Waals surface area contributed by atoms with Crippen LogP contribution in [0.4, 0.5) is 4.79 Å². The molecule has 0 atom stereocenters. The van der Waals surface area contributed by atoms with E-state index >= 15 is 0 Å². The van der Waals surface area contributed by atoms with Gasteiger partial charge in [-0.05, 0) is 13.3 Å². The fourth-order valence-electron chi connectivity index (χ4n) is 2.46. The fraction of sp³-hybridized carbons (Fsp3) is 0.692. The van der Waals surface area contributed by atoms with Gasteiger partial charge in [0.15, 0.2) is 0 Å². The normalized spacial score (nSPS) is 19.0. The molecular formula is C13H20N4O5. The molecule has 2 rings (SSSR count). The molecule has 2 aliphatic rings. The van der Waals surface area contributed by atoms with Crippen molar-refractivity contribution in [3.63, 3.8) is 0 Å². The van der Waals surface area contributed by atoms with E-state index in [2.05, 4.69) is 10.9 Å². The predicted molar refractivity (Wildman–Crippen MR) is 74.2 cm³/mol. The third kappa shape index (κ3) is 3.66. The lowest BCUT2D eigenvalue weighted by Crippen LogP contribution is -2.50. The van der Waals surface area contributed by atoms with Gasteiger partial charge in [-0.3, -0.25) is 25.2 Å². The molecule has 2 aliphatic heterocycles. The smallest absolute Gasteiger partial charge is 0.409 e. The van der Waals surface area contributed by atoms with Gasteiger partial charge in [0, 0.05) is 32.6 Å². The highest BCUT2D eigenvalue weighted by Gasteiger charge is 2.34. The van der Waals surface area contributed by atoms with Crippen molar-refractivity contribution in [2.75, 3.05) is 32.8 Å². The van der Waals surface area contributed by atoms with Crippen molar-refractivity contribution in [3.05, 3.63) is 0 Å². The molecule has 0 aromatic heterocycles. The van der Waals surface area contributed by atoms with Crippen LogP contribution in [-0.2, 0) is 19.1 Å². The van der Waals surface area contributed by atoms with Crippen molar-refractivity contribution in [1.82, 2.24) is 20.7 Å². The van der Waals surface area contributed by atoms with Crippen LogP contribution in [0.1, 0.15) is 19.8 Å². The van der Waals surface area contributed by atoms with Gasteiger partial charge in [-0.15, -0.1) is 0 Å². The molecule has 2 saturated heterocycles. The highest BCUT2D eigenvalue weighted by molar-refractivity contribution is 6.05. The Morgan fingerprint density at radius 1 is 1.09 bits per heavy atom. The first kappa shape index (κ1) is 16.1. The maximum atomic E-state index is 12.1. The van der Waals surface area contributed by atoms with E-state index in [4.69, 9.17) is 4.74 Å². The largest absolute Gasteiger partial charge is 0.450 e. The number of hydrogen-bond acceptors (Lipinski definition) is 5. The lowest BCUT2D eigenvalue weighted by atomic mass is 10.0. The minimum atomic E-state index is -0.801. The lowest BCUT2D eigenvalue weighted by Gasteiger charge is -2.34. The molecule has 0 aromatic carbocycles. The minimum absolute atomic E-state index is 0.115. The van der Waals surface area contributed by atoms with Gasteiger partial charge in [0.1, 0.15) is 5.92 Å². The number of carbonyl (C=O) groups excluding carboxylic acids is 4. The topological polar surface area (TPSA) is 108 Å². The Kier molecular flexibility index (Phi) is 5.18. The van der Waals surface area contributed by atoms with Gasteiger partial charge in [0.25, 0.3) is 11.8 Å². The number of ether oxygens (including phenoxy) is 1. The summed E-state index contributed by atoms with van der Waals surface area (Å²) in [6.45, 7) is 3.78. The van der Waals surface area contributed by atoms with E-state index in [1.165, 1.54) is 0 Å². The van der Waals surface area contributed by atoms with E-state index < -0.39 is 17.7 Å². The number of nitrogens with one attached hydrogen (secondary N) is 2. The summed E-state index contributed by atoms with van der Waals surface area (Å²) in [5.41, 5.74) is 4.46. The quantitative estimate of drug-likeness (QED) is 0.637. The molecule has 0 unspecified atom stereocenters. The van der Waals surface area contributed by atoms with E-state index in [0.717, 1.165) is 0 Å². The summed E-state index contributed by atoms with van der Waals surface area (Å²) in [5.74, 6) is -1.71. The van der Waals surface area contributed by atoms with Gasteiger partial charge in [-0.25, -0.2) is 4.79 Å². The Balaban J connectivity index is 1.74. The van der Waals surface area contributed by atoms with Crippen LogP contribution in [0.15, 0.2) is 0 Å². The summed E-state index contributed by atoms with van der Waals surface area (Å²) >= 11 is 0. The minimum Gasteiger partial charge on any atom is -0.450 e. The molecule has 22 heavy (non-hydrogen) atoms. The van der Waals surface area contributed by atoms with Crippen LogP contribution in [0.25, 0.3) is 0 Å². The van der Waals surface area contributed by atoms with Gasteiger partial charge in [-0.2, -0.15) is 0 Å². The van der Waals surface area contributed by atoms with Gasteiger partial charge >= 0.3 is 6.09 Å². The van der Waals surface area contributed by atoms with Crippen molar-refractivity contribution in [1.29, 1.82) is 0 Å². The summed E-state index contributed by atoms with van der Waals surface area (Å²) < 4.78 is 4.91. The highest BCUT2D eigenvalue weighted by atomic mass is 16.6. The second-order valence-electron chi connectivity index (χ2n) is 5.14. The Labute approximate surface area is 127 Å². The summed E-state index contributed by atoms with van der Waals surface area (Å²) in [6, 6.07) is 0. The van der Waals surface area contributed by atoms with Gasteiger partial charge in [0.2, 0.25) is 5.91 Å². The van der Waals surface area contributed by atoms with E-state index in [1.54, 1.807) is 16.7 Å². The van der Waals surface area contributed by atoms with E-state index in [0.29, 0.717) is 32.8 Å². The first-order valence-corrected chi connectivity index (χ1v) is 7.32. The summed E-state index contributed by atoms with van der Waals surface area (Å²) in [5, 5.41) is 0. The number of carbonyl (C=O) groups is 4. The van der Waals surface area contributed by atoms with Crippen molar-refractivity contribution in [2.45, 2.75) is 19.8 Å². The third-order valence-corrected chi connectivity index (χ3v) is 3.75. The highest BCUT2D eigenvalue weighted by Crippen LogP contribution is 2.13. The molecule has 2 N–H and O–H groups in total. The van der Waals surface area contributed by atoms with E-state index in [-0.39, 0.29) is 24.8 Å². The fourth-order valence-corrected chi connectivity index (χ4v) is 2.46. The van der Waals surface area contributed by atoms with Crippen LogP contribution >= 0.6 is 0 Å². The Hall–Kier alpha value is -2.32. The molecule has 0 bridgehead atoms. The van der Waals surface area contributed by atoms with Crippen molar-refractivity contribution < 1.29 is 23.9 Å². The molecule has 0 radical (unpaired) electrons. The standard InChI is InChI=1S/C13H20N4O5/c1-2-22-13(21)17-7-5-16(6-8-17)10(18)4-3-9-11(19)14-15-12(9)20/h9H,2-8H2,1H3,(H,14,19)(H,15,20). The van der Waals surface area contributed by atoms with Gasteiger partial charge in [-0.1, -0.05) is 0 Å². The van der Waals surface area contributed by atoms with Crippen molar-refractivity contribution >= 4 is 23.8 Å². The average Bonchev–Trinajstić information content (AvgIpc) is 2.84. The summed E-state index contributed by atoms with van der Waals surface area (Å²) in [6.07, 6.45) is -0.0478. The number of hydrazine groups is 1. The molecule has 122 valence electrons. The molecule has 9 heteroatoms. The van der Waals surface area contributed by atoms with E-state index in [1.807, 2.05) is 0 Å². The zero-order valence-electron chi connectivity index (χ0n) is 12.5. The monoisotopic (exact) mass is 312 g/mol. The first-order chi connectivity index (χ1) is 10.5. The zero-order chi connectivity index (χ0) is 16.1. The molecule has 0 aromatic rings. The molecule has 0 spiro atoms. The molecule has 0 aliphatic carbocycles. The third-order valence-electron chi connectivity index (χ3n) is 3.75. The number of amides is 4. The summed E-state index contributed by atoms with van der Waals surface area (Å²) in [7, 11) is 0. The van der Waals surface area contributed by atoms with Crippen LogP contribution < -0.4 is 10.9 Å². The molecule has 2 heterocycles. The average molecular weight is 312 g/mol. The summed E-state index contributed by atoms with van der Waals surface area (Å²) in [4.78, 5) is 49.6. The number of nitrogens with zero attached hydrogens (tertiary/aromatic N) is 2. The van der Waals surface area contributed by atoms with Gasteiger partial charge in [0.05, 0.1) is 6.61 Å². The Morgan fingerprint density at radius 3 is 2.18 bits per heavy atom. The molecule has 9 nitrogen and oxygen atoms in total. The first-order valence-electron chi connectivity index (χ1n) is 7.32. The predicted octanol–water partition coefficient (Wildman–Crippen LogP) is -1.16. The molecular weight excluding hydrogens is 292 g/mol. The van der Waals surface area contributed by atoms with Crippen molar-refractivity contribution in [3.8, 4) is 0 Å². The van der Waals surface area contributed by atoms with Crippen LogP contribution in [-0.4, -0.2) is 66.4 Å². The van der Waals surface area contributed by atoms with E-state index in [9.17, 15) is 19.2 Å². The van der Waals surface area contributed by atoms with Gasteiger partial charge < -0.3 is 14.5 Å². The second-order valence-corrected chi connectivity index (χ2v) is 5.14. The maximum absolute atomic E-state index is 12.1. The van der Waals surface area contributed by atoms with Crippen LogP contribution in [0, 0.1) is 5.92 Å². The SMILES string of the molecule is CCOC(=O)N1CCN(C(=O)CCC2C(=O)NNC2=O)CC1. The number of piperazine rings is 1. The lowest BCUT2D eigenvalue weighted by molar-refractivity contribution is -0.133.